The molecule has 3 rings (SSSR count). The van der Waals surface area contributed by atoms with E-state index >= 15 is 0 Å². The van der Waals surface area contributed by atoms with Gasteiger partial charge in [-0.25, -0.2) is 9.97 Å². The number of nitrogens with one attached hydrogen (secondary N) is 2. The van der Waals surface area contributed by atoms with Crippen LogP contribution in [0, 0.1) is 0 Å². The van der Waals surface area contributed by atoms with Crippen LogP contribution in [0.4, 0.5) is 36.2 Å². The molecule has 0 aliphatic carbocycles. The molecule has 0 aliphatic rings. The molecular formula is C17H15F3N6. The van der Waals surface area contributed by atoms with Gasteiger partial charge in [-0.3, -0.25) is 4.98 Å². The zero-order chi connectivity index (χ0) is 18.6. The van der Waals surface area contributed by atoms with Gasteiger partial charge in [0.25, 0.3) is 0 Å². The summed E-state index contributed by atoms with van der Waals surface area (Å²) in [6.07, 6.45) is 0.217. The minimum atomic E-state index is -4.43. The summed E-state index contributed by atoms with van der Waals surface area (Å²) in [6, 6.07) is 8.49. The van der Waals surface area contributed by atoms with Crippen LogP contribution in [0.1, 0.15) is 11.1 Å². The van der Waals surface area contributed by atoms with Gasteiger partial charge in [-0.15, -0.1) is 0 Å². The Balaban J connectivity index is 1.77. The summed E-state index contributed by atoms with van der Waals surface area (Å²) >= 11 is 0. The van der Waals surface area contributed by atoms with Crippen LogP contribution in [0.15, 0.2) is 55.1 Å². The molecule has 0 saturated carbocycles. The number of pyridine rings is 1. The number of rotatable bonds is 5. The Morgan fingerprint density at radius 1 is 1.04 bits per heavy atom. The smallest absolute Gasteiger partial charge is 0.393 e. The van der Waals surface area contributed by atoms with Crippen LogP contribution in [-0.2, 0) is 12.7 Å². The Hall–Kier alpha value is -3.36. The van der Waals surface area contributed by atoms with Gasteiger partial charge in [0.05, 0.1) is 5.56 Å². The van der Waals surface area contributed by atoms with Crippen molar-refractivity contribution in [2.24, 2.45) is 0 Å². The molecular weight excluding hydrogens is 345 g/mol. The maximum Gasteiger partial charge on any atom is 0.416 e. The number of aromatic nitrogens is 3. The Labute approximate surface area is 147 Å². The Bertz CT molecular complexity index is 883. The molecule has 6 nitrogen and oxygen atoms in total. The monoisotopic (exact) mass is 360 g/mol. The van der Waals surface area contributed by atoms with E-state index in [1.807, 2.05) is 6.07 Å². The molecule has 134 valence electrons. The topological polar surface area (TPSA) is 88.8 Å². The lowest BCUT2D eigenvalue weighted by atomic mass is 10.2. The lowest BCUT2D eigenvalue weighted by molar-refractivity contribution is -0.137. The number of anilines is 4. The molecule has 0 spiro atoms. The van der Waals surface area contributed by atoms with Crippen molar-refractivity contribution in [2.45, 2.75) is 12.7 Å². The van der Waals surface area contributed by atoms with Crippen LogP contribution in [0.3, 0.4) is 0 Å². The lowest BCUT2D eigenvalue weighted by Gasteiger charge is -2.13. The first-order valence-electron chi connectivity index (χ1n) is 7.61. The highest BCUT2D eigenvalue weighted by molar-refractivity contribution is 5.77. The zero-order valence-electron chi connectivity index (χ0n) is 13.5. The van der Waals surface area contributed by atoms with Crippen molar-refractivity contribution >= 4 is 23.0 Å². The van der Waals surface area contributed by atoms with Crippen molar-refractivity contribution in [1.29, 1.82) is 0 Å². The third kappa shape index (κ3) is 4.18. The van der Waals surface area contributed by atoms with Gasteiger partial charge < -0.3 is 16.4 Å². The van der Waals surface area contributed by atoms with E-state index in [1.54, 1.807) is 18.5 Å². The fourth-order valence-electron chi connectivity index (χ4n) is 2.23. The molecule has 0 fully saturated rings. The van der Waals surface area contributed by atoms with Gasteiger partial charge in [-0.1, -0.05) is 12.1 Å². The molecule has 4 N–H and O–H groups in total. The average Bonchev–Trinajstić information content (AvgIpc) is 2.63. The van der Waals surface area contributed by atoms with E-state index < -0.39 is 11.7 Å². The van der Waals surface area contributed by atoms with E-state index in [0.29, 0.717) is 12.4 Å². The van der Waals surface area contributed by atoms with Crippen molar-refractivity contribution in [1.82, 2.24) is 15.0 Å². The molecule has 0 bridgehead atoms. The van der Waals surface area contributed by atoms with Crippen LogP contribution >= 0.6 is 0 Å². The van der Waals surface area contributed by atoms with Gasteiger partial charge in [-0.05, 0) is 29.8 Å². The highest BCUT2D eigenvalue weighted by atomic mass is 19.4. The van der Waals surface area contributed by atoms with Crippen molar-refractivity contribution < 1.29 is 13.2 Å². The van der Waals surface area contributed by atoms with Crippen LogP contribution in [-0.4, -0.2) is 15.0 Å². The summed E-state index contributed by atoms with van der Waals surface area (Å²) in [5, 5.41) is 5.85. The summed E-state index contributed by atoms with van der Waals surface area (Å²) in [4.78, 5) is 12.1. The normalized spacial score (nSPS) is 11.2. The lowest BCUT2D eigenvalue weighted by Crippen LogP contribution is -2.09. The molecule has 2 heterocycles. The van der Waals surface area contributed by atoms with Crippen molar-refractivity contribution in [3.05, 3.63) is 66.2 Å². The van der Waals surface area contributed by atoms with E-state index in [-0.39, 0.29) is 17.2 Å². The molecule has 3 aromatic rings. The molecule has 0 atom stereocenters. The first-order chi connectivity index (χ1) is 12.4. The number of hydrogen-bond acceptors (Lipinski definition) is 6. The summed E-state index contributed by atoms with van der Waals surface area (Å²) in [6.45, 7) is 0.443. The average molecular weight is 360 g/mol. The largest absolute Gasteiger partial charge is 0.416 e. The fraction of sp³-hybridized carbons (Fsp3) is 0.118. The summed E-state index contributed by atoms with van der Waals surface area (Å²) in [5.74, 6) is 0.589. The second kappa shape index (κ2) is 7.26. The number of nitrogen functional groups attached to an aromatic ring is 1. The number of nitrogens with zero attached hydrogens (tertiary/aromatic N) is 3. The van der Waals surface area contributed by atoms with E-state index in [0.717, 1.165) is 17.7 Å². The van der Waals surface area contributed by atoms with Gasteiger partial charge in [0.1, 0.15) is 12.0 Å². The Kier molecular flexibility index (Phi) is 4.87. The zero-order valence-corrected chi connectivity index (χ0v) is 13.5. The molecule has 0 amide bonds. The highest BCUT2D eigenvalue weighted by Gasteiger charge is 2.30. The summed E-state index contributed by atoms with van der Waals surface area (Å²) in [7, 11) is 0. The van der Waals surface area contributed by atoms with Gasteiger partial charge >= 0.3 is 6.18 Å². The molecule has 26 heavy (non-hydrogen) atoms. The maximum absolute atomic E-state index is 12.8. The summed E-state index contributed by atoms with van der Waals surface area (Å²) in [5.41, 5.74) is 6.63. The first-order valence-corrected chi connectivity index (χ1v) is 7.61. The molecule has 1 aromatic carbocycles. The molecule has 9 heteroatoms. The van der Waals surface area contributed by atoms with Crippen molar-refractivity contribution in [3.8, 4) is 0 Å². The van der Waals surface area contributed by atoms with Gasteiger partial charge in [0.2, 0.25) is 0 Å². The predicted octanol–water partition coefficient (Wildman–Crippen LogP) is 3.83. The standard InChI is InChI=1S/C17H15F3N6/c18-17(19,20)12-4-1-5-13(7-12)26-16-14(21)15(24-10-25-16)23-9-11-3-2-6-22-8-11/h1-8,10H,9,21H2,(H2,23,24,25,26). The van der Waals surface area contributed by atoms with Gasteiger partial charge in [-0.2, -0.15) is 13.2 Å². The van der Waals surface area contributed by atoms with Crippen LogP contribution in [0.5, 0.6) is 0 Å². The minimum absolute atomic E-state index is 0.203. The second-order valence-electron chi connectivity index (χ2n) is 5.40. The molecule has 0 aliphatic heterocycles. The van der Waals surface area contributed by atoms with E-state index in [1.165, 1.54) is 18.5 Å². The maximum atomic E-state index is 12.8. The van der Waals surface area contributed by atoms with Crippen LogP contribution in [0.2, 0.25) is 0 Å². The molecule has 0 radical (unpaired) electrons. The number of benzene rings is 1. The molecule has 0 saturated heterocycles. The Morgan fingerprint density at radius 3 is 2.58 bits per heavy atom. The number of alkyl halides is 3. The van der Waals surface area contributed by atoms with E-state index in [9.17, 15) is 13.2 Å². The van der Waals surface area contributed by atoms with Crippen LogP contribution < -0.4 is 16.4 Å². The van der Waals surface area contributed by atoms with Crippen LogP contribution in [0.25, 0.3) is 0 Å². The van der Waals surface area contributed by atoms with E-state index in [2.05, 4.69) is 25.6 Å². The highest BCUT2D eigenvalue weighted by Crippen LogP contribution is 2.32. The van der Waals surface area contributed by atoms with Crippen molar-refractivity contribution in [2.75, 3.05) is 16.4 Å². The molecule has 2 aromatic heterocycles. The summed E-state index contributed by atoms with van der Waals surface area (Å²) < 4.78 is 38.5. The number of hydrogen-bond donors (Lipinski definition) is 3. The minimum Gasteiger partial charge on any atom is -0.393 e. The third-order valence-corrected chi connectivity index (χ3v) is 3.52. The first kappa shape index (κ1) is 17.5. The number of halogens is 3. The molecule has 0 unspecified atom stereocenters. The fourth-order valence-corrected chi connectivity index (χ4v) is 2.23. The van der Waals surface area contributed by atoms with E-state index in [4.69, 9.17) is 5.73 Å². The predicted molar refractivity (Wildman–Crippen MR) is 92.7 cm³/mol. The van der Waals surface area contributed by atoms with Gasteiger partial charge in [0.15, 0.2) is 11.6 Å². The second-order valence-corrected chi connectivity index (χ2v) is 5.40. The van der Waals surface area contributed by atoms with Crippen molar-refractivity contribution in [3.63, 3.8) is 0 Å². The van der Waals surface area contributed by atoms with Gasteiger partial charge in [0, 0.05) is 24.6 Å². The third-order valence-electron chi connectivity index (χ3n) is 3.52. The number of nitrogens with two attached hydrogens (primary N) is 1. The SMILES string of the molecule is Nc1c(NCc2cccnc2)ncnc1Nc1cccc(C(F)(F)F)c1. The Morgan fingerprint density at radius 2 is 1.85 bits per heavy atom. The quantitative estimate of drug-likeness (QED) is 0.641.